The summed E-state index contributed by atoms with van der Waals surface area (Å²) in [4.78, 5) is 33.5. The molecule has 3 aromatic carbocycles. The van der Waals surface area contributed by atoms with E-state index in [0.717, 1.165) is 36.4 Å². The lowest BCUT2D eigenvalue weighted by atomic mass is 9.98. The average Bonchev–Trinajstić information content (AvgIpc) is 3.36. The minimum atomic E-state index is -0.228. The number of hydrogen-bond acceptors (Lipinski definition) is 5. The Labute approximate surface area is 246 Å². The van der Waals surface area contributed by atoms with Crippen molar-refractivity contribution in [1.29, 1.82) is 0 Å². The van der Waals surface area contributed by atoms with E-state index in [1.807, 2.05) is 49.4 Å². The van der Waals surface area contributed by atoms with Gasteiger partial charge in [0.05, 0.1) is 17.3 Å². The van der Waals surface area contributed by atoms with Crippen LogP contribution < -0.4 is 16.0 Å². The Morgan fingerprint density at radius 1 is 0.929 bits per heavy atom. The first-order chi connectivity index (χ1) is 20.5. The molecule has 212 valence electrons. The Morgan fingerprint density at radius 2 is 1.71 bits per heavy atom. The molecule has 1 fully saturated rings. The normalized spacial score (nSPS) is 16.7. The van der Waals surface area contributed by atoms with Crippen LogP contribution in [0.1, 0.15) is 64.8 Å². The molecule has 0 saturated carbocycles. The van der Waals surface area contributed by atoms with Crippen molar-refractivity contribution in [2.24, 2.45) is 0 Å². The number of amides is 2. The molecule has 0 spiro atoms. The van der Waals surface area contributed by atoms with Gasteiger partial charge in [0.15, 0.2) is 0 Å². The number of carbonyl (C=O) groups is 2. The molecule has 6 rings (SSSR count). The van der Waals surface area contributed by atoms with Crippen molar-refractivity contribution < 1.29 is 9.59 Å². The van der Waals surface area contributed by atoms with Gasteiger partial charge in [0.25, 0.3) is 11.8 Å². The predicted octanol–water partition coefficient (Wildman–Crippen LogP) is 6.49. The summed E-state index contributed by atoms with van der Waals surface area (Å²) in [5.74, 6) is -0.429. The highest BCUT2D eigenvalue weighted by molar-refractivity contribution is 6.37. The summed E-state index contributed by atoms with van der Waals surface area (Å²) >= 11 is 0. The number of nitrogens with zero attached hydrogens (tertiary/aromatic N) is 2. The quantitative estimate of drug-likeness (QED) is 0.216. The van der Waals surface area contributed by atoms with Crippen molar-refractivity contribution in [1.82, 2.24) is 15.2 Å². The molecule has 3 N–H and O–H groups in total. The minimum Gasteiger partial charge on any atom is -0.354 e. The van der Waals surface area contributed by atoms with Crippen LogP contribution in [0.2, 0.25) is 0 Å². The summed E-state index contributed by atoms with van der Waals surface area (Å²) in [5.41, 5.74) is 6.88. The Kier molecular flexibility index (Phi) is 8.10. The van der Waals surface area contributed by atoms with E-state index in [2.05, 4.69) is 50.1 Å². The second-order valence-corrected chi connectivity index (χ2v) is 11.0. The van der Waals surface area contributed by atoms with Gasteiger partial charge in [-0.15, -0.1) is 0 Å². The van der Waals surface area contributed by atoms with E-state index in [0.29, 0.717) is 28.1 Å². The van der Waals surface area contributed by atoms with Crippen molar-refractivity contribution in [3.05, 3.63) is 125 Å². The van der Waals surface area contributed by atoms with Gasteiger partial charge < -0.3 is 16.0 Å². The van der Waals surface area contributed by atoms with E-state index in [1.165, 1.54) is 24.8 Å². The molecule has 7 heteroatoms. The molecule has 0 unspecified atom stereocenters. The molecule has 0 radical (unpaired) electrons. The lowest BCUT2D eigenvalue weighted by Crippen LogP contribution is -2.29. The predicted molar refractivity (Wildman–Crippen MR) is 168 cm³/mol. The van der Waals surface area contributed by atoms with Crippen molar-refractivity contribution in [2.45, 2.75) is 38.8 Å². The lowest BCUT2D eigenvalue weighted by molar-refractivity contribution is -0.110. The SMILES string of the molecule is C[C@@H](NC(=O)c1ccc2c(c1)/C(=C(/Nc1ccc(CN3CCCCC3)cc1)c1cccnc1)C(=O)N2)c1ccccc1. The maximum absolute atomic E-state index is 13.4. The molecule has 2 amide bonds. The number of hydrogen-bond donors (Lipinski definition) is 3. The molecule has 7 nitrogen and oxygen atoms in total. The van der Waals surface area contributed by atoms with Gasteiger partial charge in [0.2, 0.25) is 0 Å². The Hall–Kier alpha value is -4.75. The van der Waals surface area contributed by atoms with Crippen LogP contribution in [0.15, 0.2) is 97.3 Å². The highest BCUT2D eigenvalue weighted by Crippen LogP contribution is 2.38. The first-order valence-corrected chi connectivity index (χ1v) is 14.6. The van der Waals surface area contributed by atoms with Gasteiger partial charge in [-0.3, -0.25) is 19.5 Å². The molecular weight excluding hydrogens is 522 g/mol. The topological polar surface area (TPSA) is 86.4 Å². The zero-order valence-corrected chi connectivity index (χ0v) is 23.8. The third-order valence-electron chi connectivity index (χ3n) is 7.95. The second kappa shape index (κ2) is 12.4. The van der Waals surface area contributed by atoms with E-state index >= 15 is 0 Å². The third-order valence-corrected chi connectivity index (χ3v) is 7.95. The number of likely N-dealkylation sites (tertiary alicyclic amines) is 1. The maximum atomic E-state index is 13.4. The standard InChI is InChI=1S/C35H35N5O2/c1-24(26-9-4-2-5-10-26)37-34(41)27-14-17-31-30(21-27)32(35(42)39-31)33(28-11-8-18-36-22-28)38-29-15-12-25(13-16-29)23-40-19-6-3-7-20-40/h2,4-5,8-18,21-22,24,38H,3,6-7,19-20,23H2,1H3,(H,37,41)(H,39,42)/b33-32-/t24-/m1/s1. The lowest BCUT2D eigenvalue weighted by Gasteiger charge is -2.26. The van der Waals surface area contributed by atoms with Crippen LogP contribution >= 0.6 is 0 Å². The molecule has 1 atom stereocenters. The van der Waals surface area contributed by atoms with Crippen LogP contribution in [0, 0.1) is 0 Å². The highest BCUT2D eigenvalue weighted by atomic mass is 16.2. The van der Waals surface area contributed by atoms with Crippen molar-refractivity contribution in [3.63, 3.8) is 0 Å². The van der Waals surface area contributed by atoms with E-state index in [4.69, 9.17) is 0 Å². The Balaban J connectivity index is 1.30. The van der Waals surface area contributed by atoms with Crippen LogP contribution in [0.3, 0.4) is 0 Å². The molecule has 2 aliphatic rings. The minimum absolute atomic E-state index is 0.160. The molecule has 0 aliphatic carbocycles. The fraction of sp³-hybridized carbons (Fsp3) is 0.229. The van der Waals surface area contributed by atoms with Crippen LogP contribution in [-0.4, -0.2) is 34.8 Å². The Bertz CT molecular complexity index is 1590. The number of aromatic nitrogens is 1. The Morgan fingerprint density at radius 3 is 2.45 bits per heavy atom. The van der Waals surface area contributed by atoms with Crippen molar-refractivity contribution in [3.8, 4) is 0 Å². The summed E-state index contributed by atoms with van der Waals surface area (Å²) in [6.07, 6.45) is 7.30. The molecule has 42 heavy (non-hydrogen) atoms. The molecule has 1 aromatic heterocycles. The molecule has 1 saturated heterocycles. The van der Waals surface area contributed by atoms with Gasteiger partial charge >= 0.3 is 0 Å². The first-order valence-electron chi connectivity index (χ1n) is 14.6. The van der Waals surface area contributed by atoms with Gasteiger partial charge in [-0.1, -0.05) is 48.9 Å². The third kappa shape index (κ3) is 6.11. The van der Waals surface area contributed by atoms with Crippen molar-refractivity contribution >= 4 is 34.5 Å². The van der Waals surface area contributed by atoms with Crippen LogP contribution in [0.5, 0.6) is 0 Å². The number of benzene rings is 3. The number of nitrogens with one attached hydrogen (secondary N) is 3. The first kappa shape index (κ1) is 27.4. The summed E-state index contributed by atoms with van der Waals surface area (Å²) in [5, 5.41) is 9.56. The van der Waals surface area contributed by atoms with Gasteiger partial charge in [-0.25, -0.2) is 0 Å². The van der Waals surface area contributed by atoms with Crippen LogP contribution in [-0.2, 0) is 11.3 Å². The second-order valence-electron chi connectivity index (χ2n) is 11.0. The van der Waals surface area contributed by atoms with Crippen LogP contribution in [0.25, 0.3) is 11.3 Å². The molecule has 2 aliphatic heterocycles. The van der Waals surface area contributed by atoms with Crippen LogP contribution in [0.4, 0.5) is 11.4 Å². The summed E-state index contributed by atoms with van der Waals surface area (Å²) in [6.45, 7) is 5.20. The van der Waals surface area contributed by atoms with E-state index in [9.17, 15) is 9.59 Å². The maximum Gasteiger partial charge on any atom is 0.258 e. The average molecular weight is 558 g/mol. The van der Waals surface area contributed by atoms with E-state index in [1.54, 1.807) is 30.6 Å². The molecule has 4 aromatic rings. The van der Waals surface area contributed by atoms with Gasteiger partial charge in [0.1, 0.15) is 0 Å². The zero-order valence-electron chi connectivity index (χ0n) is 23.8. The van der Waals surface area contributed by atoms with E-state index in [-0.39, 0.29) is 17.9 Å². The number of carbonyl (C=O) groups excluding carboxylic acids is 2. The fourth-order valence-corrected chi connectivity index (χ4v) is 5.66. The number of piperidine rings is 1. The molecular formula is C35H35N5O2. The zero-order chi connectivity index (χ0) is 28.9. The summed E-state index contributed by atoms with van der Waals surface area (Å²) in [6, 6.07) is 27.2. The number of fused-ring (bicyclic) bond motifs is 1. The number of rotatable bonds is 8. The summed E-state index contributed by atoms with van der Waals surface area (Å²) < 4.78 is 0. The summed E-state index contributed by atoms with van der Waals surface area (Å²) in [7, 11) is 0. The monoisotopic (exact) mass is 557 g/mol. The van der Waals surface area contributed by atoms with E-state index < -0.39 is 0 Å². The smallest absolute Gasteiger partial charge is 0.258 e. The number of anilines is 2. The highest BCUT2D eigenvalue weighted by Gasteiger charge is 2.30. The number of pyridine rings is 1. The molecule has 0 bridgehead atoms. The molecule has 3 heterocycles. The largest absolute Gasteiger partial charge is 0.354 e. The fourth-order valence-electron chi connectivity index (χ4n) is 5.66. The van der Waals surface area contributed by atoms with Crippen molar-refractivity contribution in [2.75, 3.05) is 23.7 Å². The van der Waals surface area contributed by atoms with Gasteiger partial charge in [-0.2, -0.15) is 0 Å². The van der Waals surface area contributed by atoms with Gasteiger partial charge in [0, 0.05) is 47.0 Å². The van der Waals surface area contributed by atoms with Gasteiger partial charge in [-0.05, 0) is 86.4 Å².